The van der Waals surface area contributed by atoms with Crippen molar-refractivity contribution in [1.29, 1.82) is 0 Å². The lowest BCUT2D eigenvalue weighted by atomic mass is 9.90. The quantitative estimate of drug-likeness (QED) is 0.820. The molecule has 0 radical (unpaired) electrons. The summed E-state index contributed by atoms with van der Waals surface area (Å²) in [6, 6.07) is 7.93. The van der Waals surface area contributed by atoms with E-state index in [2.05, 4.69) is 5.32 Å². The summed E-state index contributed by atoms with van der Waals surface area (Å²) in [6.07, 6.45) is 0.447. The molecule has 0 saturated carbocycles. The molecule has 92 valence electrons. The lowest BCUT2D eigenvalue weighted by Gasteiger charge is -2.34. The van der Waals surface area contributed by atoms with E-state index in [4.69, 9.17) is 4.74 Å². The van der Waals surface area contributed by atoms with E-state index in [1.807, 2.05) is 31.2 Å². The van der Waals surface area contributed by atoms with Crippen molar-refractivity contribution in [1.82, 2.24) is 5.32 Å². The second kappa shape index (κ2) is 4.85. The van der Waals surface area contributed by atoms with Crippen molar-refractivity contribution in [2.45, 2.75) is 18.9 Å². The SMILES string of the molecule is Cc1ccc(CC2(C(=O)O)COCCN2)cc1. The Balaban J connectivity index is 2.17. The third kappa shape index (κ3) is 2.65. The minimum Gasteiger partial charge on any atom is -0.480 e. The standard InChI is InChI=1S/C13H17NO3/c1-10-2-4-11(5-3-10)8-13(12(15)16)9-17-7-6-14-13/h2-5,14H,6-9H2,1H3,(H,15,16). The first-order chi connectivity index (χ1) is 8.12. The maximum atomic E-state index is 11.4. The zero-order valence-electron chi connectivity index (χ0n) is 9.90. The normalized spacial score (nSPS) is 24.5. The highest BCUT2D eigenvalue weighted by molar-refractivity contribution is 5.79. The number of aliphatic carboxylic acids is 1. The summed E-state index contributed by atoms with van der Waals surface area (Å²) in [5.74, 6) is -0.849. The Hall–Kier alpha value is -1.39. The van der Waals surface area contributed by atoms with E-state index in [1.54, 1.807) is 0 Å². The Morgan fingerprint density at radius 3 is 2.71 bits per heavy atom. The molecule has 1 atom stereocenters. The van der Waals surface area contributed by atoms with Crippen LogP contribution in [0.2, 0.25) is 0 Å². The number of carboxylic acids is 1. The molecule has 4 heteroatoms. The van der Waals surface area contributed by atoms with Crippen LogP contribution in [0.5, 0.6) is 0 Å². The fraction of sp³-hybridized carbons (Fsp3) is 0.462. The summed E-state index contributed by atoms with van der Waals surface area (Å²) >= 11 is 0. The zero-order chi connectivity index (χ0) is 12.3. The largest absolute Gasteiger partial charge is 0.480 e. The first-order valence-corrected chi connectivity index (χ1v) is 5.74. The fourth-order valence-corrected chi connectivity index (χ4v) is 2.04. The number of benzene rings is 1. The molecule has 1 aromatic rings. The molecule has 0 amide bonds. The predicted molar refractivity (Wildman–Crippen MR) is 64.1 cm³/mol. The lowest BCUT2D eigenvalue weighted by Crippen LogP contribution is -2.61. The third-order valence-corrected chi connectivity index (χ3v) is 3.09. The van der Waals surface area contributed by atoms with Crippen LogP contribution in [0, 0.1) is 6.92 Å². The highest BCUT2D eigenvalue weighted by Crippen LogP contribution is 2.18. The number of carbonyl (C=O) groups is 1. The van der Waals surface area contributed by atoms with E-state index >= 15 is 0 Å². The lowest BCUT2D eigenvalue weighted by molar-refractivity contribution is -0.150. The van der Waals surface area contributed by atoms with Gasteiger partial charge in [0.2, 0.25) is 0 Å². The number of carboxylic acid groups (broad SMARTS) is 1. The highest BCUT2D eigenvalue weighted by Gasteiger charge is 2.40. The molecular formula is C13H17NO3. The predicted octanol–water partition coefficient (Wildman–Crippen LogP) is 0.981. The van der Waals surface area contributed by atoms with E-state index in [9.17, 15) is 9.90 Å². The summed E-state index contributed by atoms with van der Waals surface area (Å²) in [4.78, 5) is 11.4. The molecule has 2 rings (SSSR count). The Labute approximate surface area is 101 Å². The summed E-state index contributed by atoms with van der Waals surface area (Å²) in [5.41, 5.74) is 1.20. The van der Waals surface area contributed by atoms with Crippen molar-refractivity contribution in [2.75, 3.05) is 19.8 Å². The van der Waals surface area contributed by atoms with Crippen molar-refractivity contribution in [2.24, 2.45) is 0 Å². The molecule has 1 fully saturated rings. The van der Waals surface area contributed by atoms with Crippen molar-refractivity contribution in [3.8, 4) is 0 Å². The first kappa shape index (κ1) is 12.1. The Kier molecular flexibility index (Phi) is 3.45. The van der Waals surface area contributed by atoms with Crippen LogP contribution in [0.3, 0.4) is 0 Å². The molecule has 0 aromatic heterocycles. The maximum absolute atomic E-state index is 11.4. The molecular weight excluding hydrogens is 218 g/mol. The van der Waals surface area contributed by atoms with E-state index in [-0.39, 0.29) is 6.61 Å². The number of rotatable bonds is 3. The van der Waals surface area contributed by atoms with Crippen LogP contribution in [0.25, 0.3) is 0 Å². The summed E-state index contributed by atoms with van der Waals surface area (Å²) in [6.45, 7) is 3.38. The van der Waals surface area contributed by atoms with Crippen LogP contribution in [0.4, 0.5) is 0 Å². The highest BCUT2D eigenvalue weighted by atomic mass is 16.5. The van der Waals surface area contributed by atoms with Gasteiger partial charge in [0.1, 0.15) is 5.54 Å². The molecule has 1 unspecified atom stereocenters. The summed E-state index contributed by atoms with van der Waals surface area (Å²) in [5, 5.41) is 12.4. The summed E-state index contributed by atoms with van der Waals surface area (Å²) in [7, 11) is 0. The number of hydrogen-bond acceptors (Lipinski definition) is 3. The van der Waals surface area contributed by atoms with Crippen LogP contribution >= 0.6 is 0 Å². The topological polar surface area (TPSA) is 58.6 Å². The molecule has 0 aliphatic carbocycles. The molecule has 17 heavy (non-hydrogen) atoms. The van der Waals surface area contributed by atoms with Gasteiger partial charge in [-0.2, -0.15) is 0 Å². The molecule has 1 aliphatic rings. The average molecular weight is 235 g/mol. The van der Waals surface area contributed by atoms with Gasteiger partial charge >= 0.3 is 5.97 Å². The van der Waals surface area contributed by atoms with E-state index in [0.29, 0.717) is 19.6 Å². The van der Waals surface area contributed by atoms with Crippen molar-refractivity contribution < 1.29 is 14.6 Å². The van der Waals surface area contributed by atoms with E-state index in [0.717, 1.165) is 5.56 Å². The number of nitrogens with one attached hydrogen (secondary N) is 1. The van der Waals surface area contributed by atoms with Gasteiger partial charge in [-0.15, -0.1) is 0 Å². The molecule has 1 aromatic carbocycles. The minimum absolute atomic E-state index is 0.218. The van der Waals surface area contributed by atoms with E-state index < -0.39 is 11.5 Å². The Morgan fingerprint density at radius 2 is 2.18 bits per heavy atom. The Morgan fingerprint density at radius 1 is 1.47 bits per heavy atom. The number of aryl methyl sites for hydroxylation is 1. The van der Waals surface area contributed by atoms with E-state index in [1.165, 1.54) is 5.56 Å². The van der Waals surface area contributed by atoms with Gasteiger partial charge in [0.15, 0.2) is 0 Å². The third-order valence-electron chi connectivity index (χ3n) is 3.09. The number of morpholine rings is 1. The minimum atomic E-state index is -0.979. The van der Waals surface area contributed by atoms with Gasteiger partial charge in [-0.05, 0) is 12.5 Å². The number of hydrogen-bond donors (Lipinski definition) is 2. The molecule has 0 bridgehead atoms. The van der Waals surface area contributed by atoms with Crippen LogP contribution in [0.1, 0.15) is 11.1 Å². The fourth-order valence-electron chi connectivity index (χ4n) is 2.04. The average Bonchev–Trinajstić information content (AvgIpc) is 2.33. The van der Waals surface area contributed by atoms with Gasteiger partial charge in [-0.3, -0.25) is 10.1 Å². The monoisotopic (exact) mass is 235 g/mol. The second-order valence-corrected chi connectivity index (χ2v) is 4.53. The zero-order valence-corrected chi connectivity index (χ0v) is 9.90. The van der Waals surface area contributed by atoms with Gasteiger partial charge in [-0.1, -0.05) is 29.8 Å². The molecule has 2 N–H and O–H groups in total. The molecule has 4 nitrogen and oxygen atoms in total. The summed E-state index contributed by atoms with van der Waals surface area (Å²) < 4.78 is 5.30. The van der Waals surface area contributed by atoms with Crippen LogP contribution in [0.15, 0.2) is 24.3 Å². The Bertz CT molecular complexity index is 394. The molecule has 1 saturated heterocycles. The van der Waals surface area contributed by atoms with Crippen LogP contribution in [-0.4, -0.2) is 36.4 Å². The van der Waals surface area contributed by atoms with Crippen LogP contribution in [-0.2, 0) is 16.0 Å². The van der Waals surface area contributed by atoms with Gasteiger partial charge in [-0.25, -0.2) is 0 Å². The maximum Gasteiger partial charge on any atom is 0.326 e. The van der Waals surface area contributed by atoms with Gasteiger partial charge in [0.05, 0.1) is 13.2 Å². The van der Waals surface area contributed by atoms with Gasteiger partial charge < -0.3 is 9.84 Å². The molecule has 0 spiro atoms. The smallest absolute Gasteiger partial charge is 0.326 e. The van der Waals surface area contributed by atoms with Gasteiger partial charge in [0.25, 0.3) is 0 Å². The second-order valence-electron chi connectivity index (χ2n) is 4.53. The van der Waals surface area contributed by atoms with Crippen molar-refractivity contribution >= 4 is 5.97 Å². The molecule has 1 aliphatic heterocycles. The van der Waals surface area contributed by atoms with Crippen molar-refractivity contribution in [3.05, 3.63) is 35.4 Å². The first-order valence-electron chi connectivity index (χ1n) is 5.74. The molecule has 1 heterocycles. The van der Waals surface area contributed by atoms with Crippen molar-refractivity contribution in [3.63, 3.8) is 0 Å². The number of ether oxygens (including phenoxy) is 1. The van der Waals surface area contributed by atoms with Crippen LogP contribution < -0.4 is 5.32 Å². The van der Waals surface area contributed by atoms with Gasteiger partial charge in [0, 0.05) is 13.0 Å².